The standard InChI is InChI=1S/C24H26N6O/c1-17-11-13-29(14-12-17)24-27-22(26-18-7-6-10-20(15-18)31-2)21-16-25-30(23(21)28-24)19-8-4-3-5-9-19/h3-10,15-17H,11-14H2,1-2H3,(H,26,27,28). The molecule has 5 rings (SSSR count). The minimum atomic E-state index is 0.738. The second-order valence-electron chi connectivity index (χ2n) is 8.03. The quantitative estimate of drug-likeness (QED) is 0.506. The summed E-state index contributed by atoms with van der Waals surface area (Å²) in [6.45, 7) is 4.23. The fourth-order valence-corrected chi connectivity index (χ4v) is 3.94. The molecule has 7 heteroatoms. The van der Waals surface area contributed by atoms with E-state index in [1.165, 1.54) is 0 Å². The summed E-state index contributed by atoms with van der Waals surface area (Å²) in [4.78, 5) is 12.1. The van der Waals surface area contributed by atoms with Crippen molar-refractivity contribution in [3.63, 3.8) is 0 Å². The van der Waals surface area contributed by atoms with Crippen molar-refractivity contribution in [1.29, 1.82) is 0 Å². The number of fused-ring (bicyclic) bond motifs is 1. The Hall–Kier alpha value is -3.61. The summed E-state index contributed by atoms with van der Waals surface area (Å²) in [5.74, 6) is 3.02. The Labute approximate surface area is 181 Å². The summed E-state index contributed by atoms with van der Waals surface area (Å²) < 4.78 is 7.25. The first-order valence-corrected chi connectivity index (χ1v) is 10.7. The fraction of sp³-hybridized carbons (Fsp3) is 0.292. The van der Waals surface area contributed by atoms with Gasteiger partial charge in [-0.2, -0.15) is 15.1 Å². The second-order valence-corrected chi connectivity index (χ2v) is 8.03. The van der Waals surface area contributed by atoms with Crippen LogP contribution in [0.15, 0.2) is 60.8 Å². The highest BCUT2D eigenvalue weighted by Crippen LogP contribution is 2.30. The molecule has 1 aliphatic rings. The molecule has 0 aliphatic carbocycles. The zero-order chi connectivity index (χ0) is 21.2. The van der Waals surface area contributed by atoms with Gasteiger partial charge in [-0.15, -0.1) is 0 Å². The van der Waals surface area contributed by atoms with E-state index in [-0.39, 0.29) is 0 Å². The van der Waals surface area contributed by atoms with Crippen LogP contribution in [0.2, 0.25) is 0 Å². The first-order chi connectivity index (χ1) is 15.2. The molecule has 0 bridgehead atoms. The van der Waals surface area contributed by atoms with Gasteiger partial charge >= 0.3 is 0 Å². The van der Waals surface area contributed by atoms with Crippen LogP contribution >= 0.6 is 0 Å². The highest BCUT2D eigenvalue weighted by Gasteiger charge is 2.21. The van der Waals surface area contributed by atoms with Crippen molar-refractivity contribution in [2.24, 2.45) is 5.92 Å². The number of anilines is 3. The number of benzene rings is 2. The highest BCUT2D eigenvalue weighted by atomic mass is 16.5. The SMILES string of the molecule is COc1cccc(Nc2nc(N3CCC(C)CC3)nc3c2cnn3-c2ccccc2)c1. The molecule has 1 aliphatic heterocycles. The maximum absolute atomic E-state index is 5.37. The van der Waals surface area contributed by atoms with Crippen molar-refractivity contribution in [2.45, 2.75) is 19.8 Å². The normalized spacial score (nSPS) is 14.7. The average molecular weight is 415 g/mol. The van der Waals surface area contributed by atoms with Gasteiger partial charge in [0.15, 0.2) is 5.65 Å². The molecule has 3 heterocycles. The number of nitrogens with zero attached hydrogens (tertiary/aromatic N) is 5. The Morgan fingerprint density at radius 3 is 2.58 bits per heavy atom. The summed E-state index contributed by atoms with van der Waals surface area (Å²) in [5, 5.41) is 8.97. The number of aromatic nitrogens is 4. The van der Waals surface area contributed by atoms with Crippen molar-refractivity contribution in [2.75, 3.05) is 30.4 Å². The molecule has 158 valence electrons. The minimum Gasteiger partial charge on any atom is -0.497 e. The predicted octanol–water partition coefficient (Wildman–Crippen LogP) is 4.80. The Morgan fingerprint density at radius 1 is 1.00 bits per heavy atom. The molecular formula is C24H26N6O. The van der Waals surface area contributed by atoms with Crippen molar-refractivity contribution < 1.29 is 4.74 Å². The van der Waals surface area contributed by atoms with E-state index in [2.05, 4.69) is 22.2 Å². The molecule has 7 nitrogen and oxygen atoms in total. The van der Waals surface area contributed by atoms with E-state index >= 15 is 0 Å². The number of hydrogen-bond donors (Lipinski definition) is 1. The molecule has 1 fully saturated rings. The Bertz CT molecular complexity index is 1180. The molecule has 0 saturated carbocycles. The van der Waals surface area contributed by atoms with Gasteiger partial charge < -0.3 is 15.0 Å². The molecule has 2 aromatic carbocycles. The van der Waals surface area contributed by atoms with Crippen LogP contribution in [0.5, 0.6) is 5.75 Å². The van der Waals surface area contributed by atoms with Crippen LogP contribution in [-0.4, -0.2) is 39.9 Å². The number of ether oxygens (including phenoxy) is 1. The van der Waals surface area contributed by atoms with Gasteiger partial charge in [-0.1, -0.05) is 31.2 Å². The van der Waals surface area contributed by atoms with Crippen LogP contribution in [0.25, 0.3) is 16.7 Å². The van der Waals surface area contributed by atoms with Gasteiger partial charge in [-0.3, -0.25) is 0 Å². The molecule has 0 radical (unpaired) electrons. The molecule has 0 spiro atoms. The van der Waals surface area contributed by atoms with Crippen LogP contribution in [0.1, 0.15) is 19.8 Å². The maximum atomic E-state index is 5.37. The molecule has 0 atom stereocenters. The van der Waals surface area contributed by atoms with Gasteiger partial charge in [0.25, 0.3) is 0 Å². The Morgan fingerprint density at radius 2 is 1.81 bits per heavy atom. The third kappa shape index (κ3) is 3.91. The number of rotatable bonds is 5. The highest BCUT2D eigenvalue weighted by molar-refractivity contribution is 5.90. The zero-order valence-electron chi connectivity index (χ0n) is 17.8. The predicted molar refractivity (Wildman–Crippen MR) is 124 cm³/mol. The Balaban J connectivity index is 1.61. The van der Waals surface area contributed by atoms with E-state index < -0.39 is 0 Å². The molecular weight excluding hydrogens is 388 g/mol. The largest absolute Gasteiger partial charge is 0.497 e. The van der Waals surface area contributed by atoms with Crippen LogP contribution in [-0.2, 0) is 0 Å². The summed E-state index contributed by atoms with van der Waals surface area (Å²) in [7, 11) is 1.67. The number of nitrogens with one attached hydrogen (secondary N) is 1. The van der Waals surface area contributed by atoms with Crippen LogP contribution in [0, 0.1) is 5.92 Å². The van der Waals surface area contributed by atoms with E-state index in [0.717, 1.165) is 71.8 Å². The van der Waals surface area contributed by atoms with Crippen molar-refractivity contribution in [3.8, 4) is 11.4 Å². The van der Waals surface area contributed by atoms with Crippen molar-refractivity contribution in [3.05, 3.63) is 60.8 Å². The molecule has 31 heavy (non-hydrogen) atoms. The maximum Gasteiger partial charge on any atom is 0.229 e. The van der Waals surface area contributed by atoms with Gasteiger partial charge in [-0.05, 0) is 43.0 Å². The summed E-state index contributed by atoms with van der Waals surface area (Å²) in [6.07, 6.45) is 4.13. The number of para-hydroxylation sites is 1. The van der Waals surface area contributed by atoms with Crippen molar-refractivity contribution in [1.82, 2.24) is 19.7 Å². The average Bonchev–Trinajstić information content (AvgIpc) is 3.25. The monoisotopic (exact) mass is 414 g/mol. The molecule has 1 N–H and O–H groups in total. The topological polar surface area (TPSA) is 68.1 Å². The number of hydrogen-bond acceptors (Lipinski definition) is 6. The first kappa shape index (κ1) is 19.4. The van der Waals surface area contributed by atoms with E-state index in [9.17, 15) is 0 Å². The van der Waals surface area contributed by atoms with Gasteiger partial charge in [0.2, 0.25) is 5.95 Å². The van der Waals surface area contributed by atoms with E-state index in [1.807, 2.05) is 65.5 Å². The van der Waals surface area contributed by atoms with Crippen molar-refractivity contribution >= 4 is 28.5 Å². The third-order valence-corrected chi connectivity index (χ3v) is 5.82. The van der Waals surface area contributed by atoms with Gasteiger partial charge in [0.05, 0.1) is 24.4 Å². The first-order valence-electron chi connectivity index (χ1n) is 10.7. The zero-order valence-corrected chi connectivity index (χ0v) is 17.8. The minimum absolute atomic E-state index is 0.738. The lowest BCUT2D eigenvalue weighted by molar-refractivity contribution is 0.415. The number of piperidine rings is 1. The lowest BCUT2D eigenvalue weighted by atomic mass is 10.00. The van der Waals surface area contributed by atoms with Gasteiger partial charge in [0, 0.05) is 24.8 Å². The van der Waals surface area contributed by atoms with E-state index in [1.54, 1.807) is 7.11 Å². The molecule has 4 aromatic rings. The smallest absolute Gasteiger partial charge is 0.229 e. The van der Waals surface area contributed by atoms with Crippen LogP contribution in [0.4, 0.5) is 17.5 Å². The molecule has 0 amide bonds. The number of methoxy groups -OCH3 is 1. The second kappa shape index (κ2) is 8.26. The molecule has 1 saturated heterocycles. The molecule has 2 aromatic heterocycles. The van der Waals surface area contributed by atoms with Crippen LogP contribution < -0.4 is 15.0 Å². The molecule has 0 unspecified atom stereocenters. The summed E-state index contributed by atoms with van der Waals surface area (Å²) in [6, 6.07) is 17.9. The van der Waals surface area contributed by atoms with Crippen LogP contribution in [0.3, 0.4) is 0 Å². The fourth-order valence-electron chi connectivity index (χ4n) is 3.94. The van der Waals surface area contributed by atoms with Gasteiger partial charge in [-0.25, -0.2) is 4.68 Å². The summed E-state index contributed by atoms with van der Waals surface area (Å²) >= 11 is 0. The lowest BCUT2D eigenvalue weighted by Crippen LogP contribution is -2.34. The third-order valence-electron chi connectivity index (χ3n) is 5.82. The van der Waals surface area contributed by atoms with Gasteiger partial charge in [0.1, 0.15) is 11.6 Å². The van der Waals surface area contributed by atoms with E-state index in [0.29, 0.717) is 0 Å². The Kier molecular flexibility index (Phi) is 5.16. The van der Waals surface area contributed by atoms with E-state index in [4.69, 9.17) is 14.7 Å². The lowest BCUT2D eigenvalue weighted by Gasteiger charge is -2.30. The summed E-state index contributed by atoms with van der Waals surface area (Å²) in [5.41, 5.74) is 2.67.